The maximum absolute atomic E-state index is 15.3. The molecule has 4 rings (SSSR count). The molecule has 5 N–H and O–H groups in total. The highest BCUT2D eigenvalue weighted by atomic mass is 35.5. The lowest BCUT2D eigenvalue weighted by Crippen LogP contribution is -2.89. The average Bonchev–Trinajstić information content (AvgIpc) is 2.97. The Morgan fingerprint density at radius 1 is 1.18 bits per heavy atom. The number of benzene rings is 2. The first kappa shape index (κ1) is 33.6. The van der Waals surface area contributed by atoms with Gasteiger partial charge in [0.25, 0.3) is 10.0 Å². The van der Waals surface area contributed by atoms with E-state index in [0.29, 0.717) is 24.8 Å². The molecule has 0 spiro atoms. The number of hydrogen-bond donors (Lipinski definition) is 3. The van der Waals surface area contributed by atoms with Gasteiger partial charge in [0.15, 0.2) is 5.69 Å². The third-order valence-electron chi connectivity index (χ3n) is 7.96. The fourth-order valence-corrected chi connectivity index (χ4v) is 6.80. The van der Waals surface area contributed by atoms with E-state index in [2.05, 4.69) is 14.7 Å². The second-order valence-electron chi connectivity index (χ2n) is 11.3. The predicted molar refractivity (Wildman–Crippen MR) is 157 cm³/mol. The van der Waals surface area contributed by atoms with Crippen LogP contribution in [0.15, 0.2) is 59.9 Å². The lowest BCUT2D eigenvalue weighted by atomic mass is 9.77. The molecule has 44 heavy (non-hydrogen) atoms. The maximum Gasteiger partial charge on any atom is 0.416 e. The summed E-state index contributed by atoms with van der Waals surface area (Å²) in [6.07, 6.45) is -0.791. The molecule has 1 aliphatic carbocycles. The average molecular weight is 658 g/mol. The van der Waals surface area contributed by atoms with Crippen LogP contribution in [-0.2, 0) is 21.0 Å². The molecule has 3 aromatic rings. The predicted octanol–water partition coefficient (Wildman–Crippen LogP) is 4.43. The molecule has 238 valence electrons. The van der Waals surface area contributed by atoms with Crippen molar-refractivity contribution in [1.82, 2.24) is 14.9 Å². The van der Waals surface area contributed by atoms with E-state index in [0.717, 1.165) is 30.6 Å². The van der Waals surface area contributed by atoms with Gasteiger partial charge < -0.3 is 16.0 Å². The Hall–Kier alpha value is -3.33. The SMILES string of the molecule is CC(C)C(N)C(=O)N(C)C1CC(c2cccc(C(F)(F)F)c2)CCC1[NH2+]c1cc(F)c(S(=O)(=O)Nc2ccncn2)cc1Cl. The second kappa shape index (κ2) is 13.3. The summed E-state index contributed by atoms with van der Waals surface area (Å²) in [4.78, 5) is 21.6. The Bertz CT molecular complexity index is 1590. The number of carbonyl (C=O) groups excluding carboxylic acids is 1. The van der Waals surface area contributed by atoms with Gasteiger partial charge in [-0.25, -0.2) is 22.8 Å². The number of nitrogens with one attached hydrogen (secondary N) is 1. The number of likely N-dealkylation sites (N-methyl/N-ethyl adjacent to an activating group) is 1. The minimum Gasteiger partial charge on any atom is -0.335 e. The van der Waals surface area contributed by atoms with Gasteiger partial charge in [-0.05, 0) is 48.4 Å². The zero-order valence-electron chi connectivity index (χ0n) is 24.2. The molecule has 4 unspecified atom stereocenters. The Kier molecular flexibility index (Phi) is 10.2. The molecule has 1 aliphatic rings. The molecule has 0 radical (unpaired) electrons. The molecule has 1 fully saturated rings. The number of halogens is 5. The standard InChI is InChI=1S/C29H33ClF4N6O3S/c1-16(2)27(35)28(41)40(3)24-12-18(17-5-4-6-19(11-17)29(32,33)34)7-8-22(24)38-23-14-21(31)25(13-20(23)30)44(42,43)39-26-9-10-36-15-37-26/h4-6,9-11,13-16,18,22,24,27,38H,7-8,12,35H2,1-3H3,(H,36,37,39)/p+1. The highest BCUT2D eigenvalue weighted by molar-refractivity contribution is 7.92. The number of nitrogens with zero attached hydrogens (tertiary/aromatic N) is 3. The Morgan fingerprint density at radius 3 is 2.55 bits per heavy atom. The molecule has 9 nitrogen and oxygen atoms in total. The second-order valence-corrected chi connectivity index (χ2v) is 13.3. The molecule has 15 heteroatoms. The van der Waals surface area contributed by atoms with E-state index >= 15 is 4.39 Å². The van der Waals surface area contributed by atoms with Gasteiger partial charge in [0.2, 0.25) is 5.91 Å². The normalized spacial score (nSPS) is 19.9. The van der Waals surface area contributed by atoms with Gasteiger partial charge in [-0.3, -0.25) is 9.52 Å². The van der Waals surface area contributed by atoms with Crippen LogP contribution in [-0.4, -0.2) is 54.4 Å². The monoisotopic (exact) mass is 657 g/mol. The number of nitrogens with two attached hydrogens (primary N) is 2. The van der Waals surface area contributed by atoms with Crippen LogP contribution in [0.2, 0.25) is 5.02 Å². The largest absolute Gasteiger partial charge is 0.416 e. The minimum atomic E-state index is -4.50. The molecule has 4 atom stereocenters. The highest BCUT2D eigenvalue weighted by Gasteiger charge is 2.41. The molecule has 1 aromatic heterocycles. The van der Waals surface area contributed by atoms with E-state index in [1.165, 1.54) is 23.2 Å². The summed E-state index contributed by atoms with van der Waals surface area (Å²) in [5.41, 5.74) is 6.14. The summed E-state index contributed by atoms with van der Waals surface area (Å²) in [7, 11) is -2.78. The Balaban J connectivity index is 1.63. The fourth-order valence-electron chi connectivity index (χ4n) is 5.42. The number of carbonyl (C=O) groups is 1. The van der Waals surface area contributed by atoms with Crippen molar-refractivity contribution in [2.45, 2.75) is 68.2 Å². The van der Waals surface area contributed by atoms with E-state index in [1.54, 1.807) is 18.4 Å². The Morgan fingerprint density at radius 2 is 1.91 bits per heavy atom. The fraction of sp³-hybridized carbons (Fsp3) is 0.414. The molecule has 2 aromatic carbocycles. The number of amides is 1. The van der Waals surface area contributed by atoms with Gasteiger partial charge >= 0.3 is 6.18 Å². The van der Waals surface area contributed by atoms with Gasteiger partial charge in [-0.15, -0.1) is 0 Å². The third-order valence-corrected chi connectivity index (χ3v) is 9.65. The van der Waals surface area contributed by atoms with Crippen molar-refractivity contribution < 1.29 is 36.1 Å². The molecule has 1 amide bonds. The quantitative estimate of drug-likeness (QED) is 0.230. The minimum absolute atomic E-state index is 0.0407. The van der Waals surface area contributed by atoms with E-state index in [4.69, 9.17) is 17.3 Å². The zero-order chi connectivity index (χ0) is 32.4. The summed E-state index contributed by atoms with van der Waals surface area (Å²) in [5, 5.41) is 1.64. The van der Waals surface area contributed by atoms with Crippen LogP contribution in [0.5, 0.6) is 0 Å². The van der Waals surface area contributed by atoms with Gasteiger partial charge in [0.05, 0.1) is 17.6 Å². The van der Waals surface area contributed by atoms with Crippen molar-refractivity contribution in [2.24, 2.45) is 11.7 Å². The van der Waals surface area contributed by atoms with Crippen molar-refractivity contribution in [2.75, 3.05) is 11.8 Å². The summed E-state index contributed by atoms with van der Waals surface area (Å²) < 4.78 is 83.5. The van der Waals surface area contributed by atoms with Crippen molar-refractivity contribution in [1.29, 1.82) is 0 Å². The van der Waals surface area contributed by atoms with Crippen LogP contribution in [0.1, 0.15) is 50.2 Å². The molecule has 1 saturated carbocycles. The van der Waals surface area contributed by atoms with Gasteiger partial charge in [-0.2, -0.15) is 13.2 Å². The maximum atomic E-state index is 15.3. The van der Waals surface area contributed by atoms with Gasteiger partial charge in [0.1, 0.15) is 33.9 Å². The topological polar surface area (TPSA) is 135 Å². The summed E-state index contributed by atoms with van der Waals surface area (Å²) in [6, 6.07) is 6.77. The van der Waals surface area contributed by atoms with E-state index in [-0.39, 0.29) is 40.3 Å². The summed E-state index contributed by atoms with van der Waals surface area (Å²) in [5.74, 6) is -1.89. The first-order valence-electron chi connectivity index (χ1n) is 13.9. The molecule has 1 heterocycles. The van der Waals surface area contributed by atoms with Crippen LogP contribution in [0.4, 0.5) is 29.1 Å². The van der Waals surface area contributed by atoms with Crippen LogP contribution >= 0.6 is 11.6 Å². The third kappa shape index (κ3) is 7.65. The number of rotatable bonds is 9. The van der Waals surface area contributed by atoms with E-state index < -0.39 is 44.6 Å². The number of quaternary nitrogens is 1. The first-order valence-corrected chi connectivity index (χ1v) is 15.8. The molecular formula is C29H34ClF4N6O3S+. The molecule has 0 saturated heterocycles. The smallest absolute Gasteiger partial charge is 0.335 e. The lowest BCUT2D eigenvalue weighted by molar-refractivity contribution is -0.619. The van der Waals surface area contributed by atoms with Crippen molar-refractivity contribution in [3.05, 3.63) is 77.0 Å². The number of alkyl halides is 3. The van der Waals surface area contributed by atoms with Crippen LogP contribution in [0, 0.1) is 11.7 Å². The number of sulfonamides is 1. The number of aromatic nitrogens is 2. The highest BCUT2D eigenvalue weighted by Crippen LogP contribution is 2.38. The Labute approximate surface area is 258 Å². The molecule has 0 bridgehead atoms. The van der Waals surface area contributed by atoms with Crippen LogP contribution in [0.25, 0.3) is 0 Å². The lowest BCUT2D eigenvalue weighted by Gasteiger charge is -2.41. The number of anilines is 1. The van der Waals surface area contributed by atoms with Crippen LogP contribution in [0.3, 0.4) is 0 Å². The van der Waals surface area contributed by atoms with Gasteiger partial charge in [0, 0.05) is 25.7 Å². The first-order chi connectivity index (χ1) is 20.6. The van der Waals surface area contributed by atoms with Gasteiger partial charge in [-0.1, -0.05) is 43.6 Å². The van der Waals surface area contributed by atoms with Crippen molar-refractivity contribution in [3.63, 3.8) is 0 Å². The van der Waals surface area contributed by atoms with Crippen molar-refractivity contribution >= 4 is 39.0 Å². The number of hydrogen-bond acceptors (Lipinski definition) is 6. The molecular weight excluding hydrogens is 624 g/mol. The summed E-state index contributed by atoms with van der Waals surface area (Å²) in [6.45, 7) is 3.62. The van der Waals surface area contributed by atoms with E-state index in [1.807, 2.05) is 13.8 Å². The zero-order valence-corrected chi connectivity index (χ0v) is 25.8. The summed E-state index contributed by atoms with van der Waals surface area (Å²) >= 11 is 6.47. The van der Waals surface area contributed by atoms with E-state index in [9.17, 15) is 26.4 Å². The van der Waals surface area contributed by atoms with Crippen molar-refractivity contribution in [3.8, 4) is 0 Å². The van der Waals surface area contributed by atoms with Crippen LogP contribution < -0.4 is 15.8 Å². The molecule has 0 aliphatic heterocycles.